The number of piperazine rings is 1. The lowest BCUT2D eigenvalue weighted by Crippen LogP contribution is -2.52. The van der Waals surface area contributed by atoms with E-state index in [9.17, 15) is 13.2 Å². The van der Waals surface area contributed by atoms with E-state index in [0.29, 0.717) is 36.3 Å². The molecule has 2 aromatic carbocycles. The highest BCUT2D eigenvalue weighted by atomic mass is 35.5. The highest BCUT2D eigenvalue weighted by Gasteiger charge is 2.34. The first-order valence-electron chi connectivity index (χ1n) is 10.8. The summed E-state index contributed by atoms with van der Waals surface area (Å²) >= 11 is 10.9. The summed E-state index contributed by atoms with van der Waals surface area (Å²) in [5, 5.41) is 5.71. The number of fused-ring (bicyclic) bond motifs is 1. The van der Waals surface area contributed by atoms with E-state index in [1.54, 1.807) is 29.2 Å². The van der Waals surface area contributed by atoms with Crippen molar-refractivity contribution in [3.63, 3.8) is 0 Å². The van der Waals surface area contributed by atoms with Crippen molar-refractivity contribution in [1.29, 1.82) is 0 Å². The average Bonchev–Trinajstić information content (AvgIpc) is 2.78. The summed E-state index contributed by atoms with van der Waals surface area (Å²) in [4.78, 5) is 15.0. The van der Waals surface area contributed by atoms with Crippen molar-refractivity contribution < 1.29 is 13.2 Å². The fourth-order valence-corrected chi connectivity index (χ4v) is 6.40. The van der Waals surface area contributed by atoms with Crippen molar-refractivity contribution in [3.8, 4) is 0 Å². The average molecular weight is 495 g/mol. The minimum Gasteiger partial charge on any atom is -0.376 e. The Bertz CT molecular complexity index is 1130. The third kappa shape index (κ3) is 5.01. The Kier molecular flexibility index (Phi) is 6.90. The summed E-state index contributed by atoms with van der Waals surface area (Å²) in [5.41, 5.74) is 5.54. The summed E-state index contributed by atoms with van der Waals surface area (Å²) < 4.78 is 27.8. The van der Waals surface area contributed by atoms with Crippen molar-refractivity contribution in [1.82, 2.24) is 14.5 Å². The number of rotatable bonds is 4. The molecule has 3 N–H and O–H groups in total. The van der Waals surface area contributed by atoms with Crippen molar-refractivity contribution in [2.24, 2.45) is 11.7 Å². The lowest BCUT2D eigenvalue weighted by Gasteiger charge is -2.37. The highest BCUT2D eigenvalue weighted by molar-refractivity contribution is 7.89. The summed E-state index contributed by atoms with van der Waals surface area (Å²) in [6, 6.07) is 10.7. The molecule has 1 amide bonds. The number of sulfonamides is 1. The SMILES string of the molecule is NC(=S)NC1CCC(C(=O)N2CCN(S(=O)(=O)c3ccc4cc(Cl)ccc4c3)CC2)CC1. The second-order valence-corrected chi connectivity index (χ2v) is 11.3. The molecule has 0 radical (unpaired) electrons. The zero-order valence-corrected chi connectivity index (χ0v) is 20.1. The third-order valence-corrected chi connectivity index (χ3v) is 8.63. The van der Waals surface area contributed by atoms with E-state index in [1.165, 1.54) is 4.31 Å². The van der Waals surface area contributed by atoms with Gasteiger partial charge in [-0.1, -0.05) is 23.7 Å². The molecular formula is C22H27ClN4O3S2. The normalized spacial score (nSPS) is 22.6. The van der Waals surface area contributed by atoms with Crippen molar-refractivity contribution in [2.45, 2.75) is 36.6 Å². The molecule has 0 spiro atoms. The van der Waals surface area contributed by atoms with Crippen LogP contribution in [0.4, 0.5) is 0 Å². The van der Waals surface area contributed by atoms with Crippen LogP contribution in [0.15, 0.2) is 41.3 Å². The van der Waals surface area contributed by atoms with E-state index >= 15 is 0 Å². The van der Waals surface area contributed by atoms with Gasteiger partial charge in [0.25, 0.3) is 0 Å². The van der Waals surface area contributed by atoms with Crippen LogP contribution < -0.4 is 11.1 Å². The minimum absolute atomic E-state index is 0.0186. The molecule has 1 aliphatic carbocycles. The lowest BCUT2D eigenvalue weighted by molar-refractivity contribution is -0.137. The molecule has 0 aromatic heterocycles. The Hall–Kier alpha value is -1.94. The first kappa shape index (κ1) is 23.2. The molecule has 2 aliphatic rings. The number of hydrogen-bond donors (Lipinski definition) is 2. The smallest absolute Gasteiger partial charge is 0.243 e. The van der Waals surface area contributed by atoms with Crippen LogP contribution in [0, 0.1) is 5.92 Å². The van der Waals surface area contributed by atoms with Crippen LogP contribution >= 0.6 is 23.8 Å². The first-order chi connectivity index (χ1) is 15.2. The molecule has 0 atom stereocenters. The van der Waals surface area contributed by atoms with Crippen LogP contribution in [0.1, 0.15) is 25.7 Å². The number of nitrogens with zero attached hydrogens (tertiary/aromatic N) is 2. The molecule has 1 heterocycles. The van der Waals surface area contributed by atoms with Gasteiger partial charge in [-0.3, -0.25) is 4.79 Å². The number of thiocarbonyl (C=S) groups is 1. The Morgan fingerprint density at radius 3 is 2.28 bits per heavy atom. The summed E-state index contributed by atoms with van der Waals surface area (Å²) in [7, 11) is -3.63. The van der Waals surface area contributed by atoms with Gasteiger partial charge in [-0.15, -0.1) is 0 Å². The van der Waals surface area contributed by atoms with Gasteiger partial charge in [-0.25, -0.2) is 8.42 Å². The van der Waals surface area contributed by atoms with Crippen molar-refractivity contribution >= 4 is 55.6 Å². The van der Waals surface area contributed by atoms with Crippen LogP contribution in [0.2, 0.25) is 5.02 Å². The van der Waals surface area contributed by atoms with E-state index in [4.69, 9.17) is 29.6 Å². The molecule has 172 valence electrons. The van der Waals surface area contributed by atoms with E-state index in [-0.39, 0.29) is 22.8 Å². The molecule has 32 heavy (non-hydrogen) atoms. The van der Waals surface area contributed by atoms with E-state index in [1.807, 2.05) is 12.1 Å². The zero-order valence-electron chi connectivity index (χ0n) is 17.7. The van der Waals surface area contributed by atoms with Gasteiger partial charge in [-0.05, 0) is 72.9 Å². The van der Waals surface area contributed by atoms with E-state index < -0.39 is 10.0 Å². The van der Waals surface area contributed by atoms with Crippen LogP contribution in [-0.2, 0) is 14.8 Å². The largest absolute Gasteiger partial charge is 0.376 e. The number of carbonyl (C=O) groups is 1. The molecule has 7 nitrogen and oxygen atoms in total. The number of halogens is 1. The molecule has 2 fully saturated rings. The van der Waals surface area contributed by atoms with Gasteiger partial charge in [0.15, 0.2) is 5.11 Å². The molecule has 1 saturated heterocycles. The lowest BCUT2D eigenvalue weighted by atomic mass is 9.85. The number of nitrogens with two attached hydrogens (primary N) is 1. The topological polar surface area (TPSA) is 95.7 Å². The molecule has 0 bridgehead atoms. The summed E-state index contributed by atoms with van der Waals surface area (Å²) in [6.45, 7) is 1.41. The molecule has 0 unspecified atom stereocenters. The summed E-state index contributed by atoms with van der Waals surface area (Å²) in [5.74, 6) is 0.105. The minimum atomic E-state index is -3.63. The Balaban J connectivity index is 1.36. The second-order valence-electron chi connectivity index (χ2n) is 8.44. The van der Waals surface area contributed by atoms with Crippen LogP contribution in [0.3, 0.4) is 0 Å². The van der Waals surface area contributed by atoms with Crippen LogP contribution in [0.5, 0.6) is 0 Å². The van der Waals surface area contributed by atoms with Gasteiger partial charge >= 0.3 is 0 Å². The quantitative estimate of drug-likeness (QED) is 0.634. The second kappa shape index (κ2) is 9.51. The maximum atomic E-state index is 13.2. The molecule has 10 heteroatoms. The van der Waals surface area contributed by atoms with Gasteiger partial charge in [0.1, 0.15) is 0 Å². The molecule has 1 aliphatic heterocycles. The van der Waals surface area contributed by atoms with Crippen LogP contribution in [-0.4, -0.2) is 60.9 Å². The van der Waals surface area contributed by atoms with E-state index in [0.717, 1.165) is 36.5 Å². The highest BCUT2D eigenvalue weighted by Crippen LogP contribution is 2.28. The van der Waals surface area contributed by atoms with Gasteiger partial charge in [0.2, 0.25) is 15.9 Å². The Morgan fingerprint density at radius 2 is 1.62 bits per heavy atom. The van der Waals surface area contributed by atoms with Gasteiger partial charge in [-0.2, -0.15) is 4.31 Å². The maximum Gasteiger partial charge on any atom is 0.243 e. The number of amides is 1. The van der Waals surface area contributed by atoms with Crippen molar-refractivity contribution in [3.05, 3.63) is 41.4 Å². The van der Waals surface area contributed by atoms with Gasteiger partial charge < -0.3 is 16.0 Å². The molecular weight excluding hydrogens is 468 g/mol. The number of benzene rings is 2. The van der Waals surface area contributed by atoms with Crippen molar-refractivity contribution in [2.75, 3.05) is 26.2 Å². The molecule has 2 aromatic rings. The van der Waals surface area contributed by atoms with Gasteiger partial charge in [0, 0.05) is 43.2 Å². The Morgan fingerprint density at radius 1 is 1.00 bits per heavy atom. The Labute approximate surface area is 198 Å². The van der Waals surface area contributed by atoms with Crippen LogP contribution in [0.25, 0.3) is 10.8 Å². The number of carbonyl (C=O) groups excluding carboxylic acids is 1. The maximum absolute atomic E-state index is 13.2. The zero-order chi connectivity index (χ0) is 22.9. The number of nitrogens with one attached hydrogen (secondary N) is 1. The monoisotopic (exact) mass is 494 g/mol. The summed E-state index contributed by atoms with van der Waals surface area (Å²) in [6.07, 6.45) is 3.29. The standard InChI is InChI=1S/C22H27ClN4O3S2/c23-18-5-1-17-14-20(8-4-16(17)13-18)32(29,30)27-11-9-26(10-12-27)21(28)15-2-6-19(7-3-15)25-22(24)31/h1,4-5,8,13-15,19H,2-3,6-7,9-12H2,(H3,24,25,31). The van der Waals surface area contributed by atoms with Gasteiger partial charge in [0.05, 0.1) is 4.90 Å². The first-order valence-corrected chi connectivity index (χ1v) is 13.0. The predicted octanol–water partition coefficient (Wildman–Crippen LogP) is 2.72. The third-order valence-electron chi connectivity index (χ3n) is 6.38. The fraction of sp³-hybridized carbons (Fsp3) is 0.455. The predicted molar refractivity (Wildman–Crippen MR) is 130 cm³/mol. The number of hydrogen-bond acceptors (Lipinski definition) is 4. The fourth-order valence-electron chi connectivity index (χ4n) is 4.60. The molecule has 1 saturated carbocycles. The van der Waals surface area contributed by atoms with E-state index in [2.05, 4.69) is 5.32 Å². The molecule has 4 rings (SSSR count).